The summed E-state index contributed by atoms with van der Waals surface area (Å²) in [4.78, 5) is 33.3. The summed E-state index contributed by atoms with van der Waals surface area (Å²) < 4.78 is 7.21. The Morgan fingerprint density at radius 3 is 2.44 bits per heavy atom. The lowest BCUT2D eigenvalue weighted by Gasteiger charge is -2.32. The van der Waals surface area contributed by atoms with Crippen LogP contribution in [0.25, 0.3) is 16.6 Å². The van der Waals surface area contributed by atoms with Crippen molar-refractivity contribution in [2.24, 2.45) is 0 Å². The van der Waals surface area contributed by atoms with Crippen molar-refractivity contribution in [1.82, 2.24) is 14.5 Å². The highest BCUT2D eigenvalue weighted by atomic mass is 35.5. The largest absolute Gasteiger partial charge is 0.494 e. The lowest BCUT2D eigenvalue weighted by molar-refractivity contribution is -0.131. The molecule has 7 heteroatoms. The van der Waals surface area contributed by atoms with Crippen LogP contribution in [-0.4, -0.2) is 39.4 Å². The Morgan fingerprint density at radius 2 is 1.79 bits per heavy atom. The normalized spacial score (nSPS) is 12.0. The van der Waals surface area contributed by atoms with Crippen LogP contribution in [-0.2, 0) is 4.79 Å². The third-order valence-corrected chi connectivity index (χ3v) is 6.18. The zero-order chi connectivity index (χ0) is 24.5. The fourth-order valence-corrected chi connectivity index (χ4v) is 4.42. The quantitative estimate of drug-likeness (QED) is 0.238. The highest BCUT2D eigenvalue weighted by molar-refractivity contribution is 6.27. The molecule has 0 saturated heterocycles. The van der Waals surface area contributed by atoms with Gasteiger partial charge in [-0.05, 0) is 56.2 Å². The molecule has 0 aliphatic rings. The maximum absolute atomic E-state index is 13.7. The Balaban J connectivity index is 2.16. The van der Waals surface area contributed by atoms with E-state index in [1.54, 1.807) is 15.5 Å². The number of ether oxygens (including phenoxy) is 1. The van der Waals surface area contributed by atoms with E-state index in [1.807, 2.05) is 56.3 Å². The Bertz CT molecular complexity index is 1140. The molecule has 0 radical (unpaired) electrons. The molecule has 1 atom stereocenters. The molecule has 1 amide bonds. The van der Waals surface area contributed by atoms with Crippen LogP contribution in [0.5, 0.6) is 5.75 Å². The third kappa shape index (κ3) is 5.79. The molecule has 34 heavy (non-hydrogen) atoms. The van der Waals surface area contributed by atoms with Crippen LogP contribution in [0.1, 0.15) is 64.7 Å². The maximum Gasteiger partial charge on any atom is 0.266 e. The van der Waals surface area contributed by atoms with Crippen LogP contribution >= 0.6 is 11.6 Å². The van der Waals surface area contributed by atoms with Crippen molar-refractivity contribution in [3.05, 3.63) is 64.7 Å². The van der Waals surface area contributed by atoms with Crippen LogP contribution in [0.15, 0.2) is 53.3 Å². The van der Waals surface area contributed by atoms with Gasteiger partial charge in [-0.2, -0.15) is 0 Å². The molecule has 2 aromatic carbocycles. The predicted molar refractivity (Wildman–Crippen MR) is 138 cm³/mol. The second-order valence-electron chi connectivity index (χ2n) is 8.26. The maximum atomic E-state index is 13.7. The van der Waals surface area contributed by atoms with Crippen LogP contribution in [0.4, 0.5) is 0 Å². The Morgan fingerprint density at radius 1 is 1.06 bits per heavy atom. The fraction of sp³-hybridized carbons (Fsp3) is 0.444. The Kier molecular flexibility index (Phi) is 9.52. The van der Waals surface area contributed by atoms with Crippen LogP contribution < -0.4 is 10.3 Å². The molecule has 3 rings (SSSR count). The molecule has 3 aromatic rings. The molecule has 182 valence electrons. The van der Waals surface area contributed by atoms with E-state index in [0.29, 0.717) is 42.0 Å². The van der Waals surface area contributed by atoms with E-state index in [1.165, 1.54) is 0 Å². The van der Waals surface area contributed by atoms with Crippen molar-refractivity contribution in [3.8, 4) is 11.4 Å². The average molecular weight is 484 g/mol. The first-order valence-electron chi connectivity index (χ1n) is 12.2. The number of rotatable bonds is 12. The summed E-state index contributed by atoms with van der Waals surface area (Å²) >= 11 is 6.01. The molecule has 0 spiro atoms. The number of aromatic nitrogens is 2. The molecular weight excluding hydrogens is 450 g/mol. The van der Waals surface area contributed by atoms with E-state index >= 15 is 0 Å². The molecule has 0 N–H and O–H groups in total. The minimum atomic E-state index is -0.378. The van der Waals surface area contributed by atoms with Crippen LogP contribution in [0.3, 0.4) is 0 Å². The number of halogens is 1. The summed E-state index contributed by atoms with van der Waals surface area (Å²) in [6.07, 6.45) is 4.76. The molecule has 0 bridgehead atoms. The van der Waals surface area contributed by atoms with Gasteiger partial charge in [-0.1, -0.05) is 45.2 Å². The van der Waals surface area contributed by atoms with Gasteiger partial charge in [0.25, 0.3) is 5.56 Å². The zero-order valence-electron chi connectivity index (χ0n) is 20.3. The first kappa shape index (κ1) is 25.8. The predicted octanol–water partition coefficient (Wildman–Crippen LogP) is 5.88. The number of carbonyl (C=O) groups excluding carboxylic acids is 1. The number of unbranched alkanes of at least 4 members (excludes halogenated alkanes) is 3. The molecule has 0 aliphatic heterocycles. The SMILES string of the molecule is CCCCCCN(C(=O)CCl)C(CC)c1nc2ccccc2c(=O)n1-c1ccc(OCC)cc1. The molecule has 0 aliphatic carbocycles. The first-order valence-corrected chi connectivity index (χ1v) is 12.7. The summed E-state index contributed by atoms with van der Waals surface area (Å²) in [6.45, 7) is 7.24. The summed E-state index contributed by atoms with van der Waals surface area (Å²) in [5.41, 5.74) is 1.14. The monoisotopic (exact) mass is 483 g/mol. The van der Waals surface area contributed by atoms with Crippen LogP contribution in [0.2, 0.25) is 0 Å². The summed E-state index contributed by atoms with van der Waals surface area (Å²) in [6, 6.07) is 14.3. The lowest BCUT2D eigenvalue weighted by Crippen LogP contribution is -2.39. The van der Waals surface area contributed by atoms with Crippen molar-refractivity contribution in [1.29, 1.82) is 0 Å². The highest BCUT2D eigenvalue weighted by Gasteiger charge is 2.28. The number of hydrogen-bond acceptors (Lipinski definition) is 4. The first-order chi connectivity index (χ1) is 16.5. The van der Waals surface area contributed by atoms with Gasteiger partial charge in [-0.25, -0.2) is 4.98 Å². The Labute approximate surface area is 206 Å². The number of fused-ring (bicyclic) bond motifs is 1. The number of alkyl halides is 1. The van der Waals surface area contributed by atoms with Crippen molar-refractivity contribution in [2.45, 2.75) is 58.9 Å². The summed E-state index contributed by atoms with van der Waals surface area (Å²) in [7, 11) is 0. The molecular formula is C27H34ClN3O3. The van der Waals surface area contributed by atoms with Crippen molar-refractivity contribution < 1.29 is 9.53 Å². The molecule has 1 aromatic heterocycles. The Hall–Kier alpha value is -2.86. The highest BCUT2D eigenvalue weighted by Crippen LogP contribution is 2.27. The molecule has 0 saturated carbocycles. The molecule has 0 fully saturated rings. The molecule has 1 unspecified atom stereocenters. The van der Waals surface area contributed by atoms with E-state index in [9.17, 15) is 9.59 Å². The second kappa shape index (κ2) is 12.6. The topological polar surface area (TPSA) is 64.4 Å². The molecule has 1 heterocycles. The van der Waals surface area contributed by atoms with Gasteiger partial charge in [-0.3, -0.25) is 14.2 Å². The average Bonchev–Trinajstić information content (AvgIpc) is 2.86. The number of para-hydroxylation sites is 1. The molecule has 6 nitrogen and oxygen atoms in total. The lowest BCUT2D eigenvalue weighted by atomic mass is 10.1. The minimum Gasteiger partial charge on any atom is -0.494 e. The summed E-state index contributed by atoms with van der Waals surface area (Å²) in [5.74, 6) is 1.03. The number of hydrogen-bond donors (Lipinski definition) is 0. The van der Waals surface area contributed by atoms with Crippen molar-refractivity contribution in [2.75, 3.05) is 19.0 Å². The van der Waals surface area contributed by atoms with Gasteiger partial charge in [0.05, 0.1) is 29.2 Å². The van der Waals surface area contributed by atoms with Crippen LogP contribution in [0, 0.1) is 0 Å². The van der Waals surface area contributed by atoms with E-state index in [0.717, 1.165) is 31.4 Å². The van der Waals surface area contributed by atoms with E-state index in [2.05, 4.69) is 6.92 Å². The van der Waals surface area contributed by atoms with Crippen molar-refractivity contribution >= 4 is 28.4 Å². The number of benzene rings is 2. The summed E-state index contributed by atoms with van der Waals surface area (Å²) in [5, 5.41) is 0.535. The minimum absolute atomic E-state index is 0.106. The van der Waals surface area contributed by atoms with Gasteiger partial charge in [0, 0.05) is 6.54 Å². The van der Waals surface area contributed by atoms with Gasteiger partial charge in [0.1, 0.15) is 17.5 Å². The van der Waals surface area contributed by atoms with Gasteiger partial charge in [-0.15, -0.1) is 11.6 Å². The van der Waals surface area contributed by atoms with Gasteiger partial charge in [0.15, 0.2) is 0 Å². The number of amides is 1. The second-order valence-corrected chi connectivity index (χ2v) is 8.53. The van der Waals surface area contributed by atoms with E-state index in [4.69, 9.17) is 21.3 Å². The smallest absolute Gasteiger partial charge is 0.266 e. The number of carbonyl (C=O) groups is 1. The van der Waals surface area contributed by atoms with Crippen molar-refractivity contribution in [3.63, 3.8) is 0 Å². The zero-order valence-corrected chi connectivity index (χ0v) is 21.1. The standard InChI is InChI=1S/C27H34ClN3O3/c1-4-7-8-11-18-30(25(32)19-28)24(5-2)26-29-23-13-10-9-12-22(23)27(33)31(26)20-14-16-21(17-15-20)34-6-3/h9-10,12-17,24H,4-8,11,18-19H2,1-3H3. The third-order valence-electron chi connectivity index (χ3n) is 5.96. The number of nitrogens with zero attached hydrogens (tertiary/aromatic N) is 3. The fourth-order valence-electron chi connectivity index (χ4n) is 4.26. The van der Waals surface area contributed by atoms with Gasteiger partial charge < -0.3 is 9.64 Å². The van der Waals surface area contributed by atoms with E-state index in [-0.39, 0.29) is 23.4 Å². The van der Waals surface area contributed by atoms with Gasteiger partial charge >= 0.3 is 0 Å². The van der Waals surface area contributed by atoms with Gasteiger partial charge in [0.2, 0.25) is 5.91 Å². The van der Waals surface area contributed by atoms with E-state index < -0.39 is 0 Å².